The Morgan fingerprint density at radius 2 is 1.75 bits per heavy atom. The molecular formula is C31H27N3O4S2. The molecule has 0 saturated carbocycles. The first kappa shape index (κ1) is 26.2. The van der Waals surface area contributed by atoms with Crippen molar-refractivity contribution in [2.45, 2.75) is 39.2 Å². The number of carbonyl (C=O) groups is 2. The smallest absolute Gasteiger partial charge is 0.341 e. The van der Waals surface area contributed by atoms with Gasteiger partial charge in [-0.05, 0) is 54.9 Å². The Bertz CT molecular complexity index is 1790. The average molecular weight is 570 g/mol. The molecule has 202 valence electrons. The van der Waals surface area contributed by atoms with Crippen LogP contribution in [0.2, 0.25) is 0 Å². The number of hydrogen-bond acceptors (Lipinski definition) is 7. The lowest BCUT2D eigenvalue weighted by atomic mass is 9.89. The van der Waals surface area contributed by atoms with Crippen LogP contribution in [0, 0.1) is 0 Å². The second kappa shape index (κ2) is 11.2. The first-order valence-electron chi connectivity index (χ1n) is 13.3. The van der Waals surface area contributed by atoms with E-state index in [0.29, 0.717) is 26.3 Å². The van der Waals surface area contributed by atoms with Crippen molar-refractivity contribution in [1.29, 1.82) is 0 Å². The van der Waals surface area contributed by atoms with Gasteiger partial charge < -0.3 is 10.1 Å². The van der Waals surface area contributed by atoms with E-state index in [0.717, 1.165) is 29.5 Å². The number of rotatable bonds is 7. The van der Waals surface area contributed by atoms with Crippen LogP contribution in [0.5, 0.6) is 0 Å². The fourth-order valence-corrected chi connectivity index (χ4v) is 7.08. The number of aryl methyl sites for hydroxylation is 2. The van der Waals surface area contributed by atoms with Gasteiger partial charge >= 0.3 is 5.97 Å². The monoisotopic (exact) mass is 569 g/mol. The van der Waals surface area contributed by atoms with Crippen LogP contribution in [0.25, 0.3) is 32.5 Å². The van der Waals surface area contributed by atoms with Crippen molar-refractivity contribution in [3.63, 3.8) is 0 Å². The largest absolute Gasteiger partial charge is 0.462 e. The molecule has 9 heteroatoms. The third-order valence-electron chi connectivity index (χ3n) is 7.14. The zero-order chi connectivity index (χ0) is 27.6. The summed E-state index contributed by atoms with van der Waals surface area (Å²) in [7, 11) is 0. The number of nitrogens with one attached hydrogen (secondary N) is 1. The van der Waals surface area contributed by atoms with Crippen molar-refractivity contribution < 1.29 is 14.3 Å². The molecule has 40 heavy (non-hydrogen) atoms. The van der Waals surface area contributed by atoms with Crippen LogP contribution in [0.15, 0.2) is 70.4 Å². The molecule has 1 N–H and O–H groups in total. The average Bonchev–Trinajstić information content (AvgIpc) is 3.60. The minimum Gasteiger partial charge on any atom is -0.462 e. The molecule has 1 amide bonds. The lowest BCUT2D eigenvalue weighted by Crippen LogP contribution is -2.28. The van der Waals surface area contributed by atoms with E-state index < -0.39 is 11.9 Å². The zero-order valence-electron chi connectivity index (χ0n) is 21.9. The molecule has 6 rings (SSSR count). The van der Waals surface area contributed by atoms with Crippen LogP contribution < -0.4 is 10.9 Å². The number of aromatic nitrogens is 2. The third-order valence-corrected chi connectivity index (χ3v) is 8.92. The fraction of sp³-hybridized carbons (Fsp3) is 0.226. The van der Waals surface area contributed by atoms with E-state index in [2.05, 4.69) is 28.5 Å². The maximum atomic E-state index is 13.6. The third kappa shape index (κ3) is 4.98. The van der Waals surface area contributed by atoms with Crippen molar-refractivity contribution in [2.24, 2.45) is 0 Å². The van der Waals surface area contributed by atoms with Gasteiger partial charge in [0.2, 0.25) is 5.91 Å². The molecule has 0 radical (unpaired) electrons. The number of amides is 1. The second-order valence-corrected chi connectivity index (χ2v) is 11.4. The summed E-state index contributed by atoms with van der Waals surface area (Å²) >= 11 is 2.68. The predicted molar refractivity (Wildman–Crippen MR) is 160 cm³/mol. The van der Waals surface area contributed by atoms with Gasteiger partial charge in [0.05, 0.1) is 18.3 Å². The Morgan fingerprint density at radius 1 is 0.975 bits per heavy atom. The summed E-state index contributed by atoms with van der Waals surface area (Å²) in [6, 6.07) is 15.9. The number of thiophene rings is 2. The van der Waals surface area contributed by atoms with E-state index in [1.165, 1.54) is 57.5 Å². The summed E-state index contributed by atoms with van der Waals surface area (Å²) in [5.41, 5.74) is 6.14. The van der Waals surface area contributed by atoms with Gasteiger partial charge in [-0.1, -0.05) is 48.5 Å². The minimum atomic E-state index is -0.508. The van der Waals surface area contributed by atoms with Gasteiger partial charge in [0.15, 0.2) is 0 Å². The van der Waals surface area contributed by atoms with Crippen LogP contribution in [0.1, 0.15) is 41.3 Å². The predicted octanol–water partition coefficient (Wildman–Crippen LogP) is 6.55. The van der Waals surface area contributed by atoms with E-state index in [4.69, 9.17) is 4.74 Å². The molecule has 0 saturated heterocycles. The molecular weight excluding hydrogens is 542 g/mol. The molecule has 2 aromatic carbocycles. The summed E-state index contributed by atoms with van der Waals surface area (Å²) in [6.07, 6.45) is 5.95. The van der Waals surface area contributed by atoms with Gasteiger partial charge in [-0.3, -0.25) is 14.2 Å². The van der Waals surface area contributed by atoms with Gasteiger partial charge in [0.25, 0.3) is 5.56 Å². The van der Waals surface area contributed by atoms with E-state index in [1.807, 2.05) is 41.1 Å². The molecule has 3 aromatic heterocycles. The molecule has 0 unspecified atom stereocenters. The highest BCUT2D eigenvalue weighted by Crippen LogP contribution is 2.36. The number of esters is 1. The highest BCUT2D eigenvalue weighted by molar-refractivity contribution is 7.17. The van der Waals surface area contributed by atoms with Crippen molar-refractivity contribution in [2.75, 3.05) is 11.9 Å². The second-order valence-electron chi connectivity index (χ2n) is 9.69. The number of carbonyl (C=O) groups excluding carboxylic acids is 2. The van der Waals surface area contributed by atoms with E-state index in [1.54, 1.807) is 6.92 Å². The van der Waals surface area contributed by atoms with Crippen LogP contribution in [-0.4, -0.2) is 28.0 Å². The molecule has 1 aliphatic carbocycles. The standard InChI is InChI=1S/C31H27N3O4S2/c1-2-38-31(37)27-23(20-9-4-3-5-10-20)16-40-29(27)33-25(35)15-34-18-32-28-26(30(34)36)24(17-39-28)22-13-12-19-8-6-7-11-21(19)14-22/h3-5,9-10,12-14,16-18H,2,6-8,11,15H2,1H3,(H,33,35). The summed E-state index contributed by atoms with van der Waals surface area (Å²) < 4.78 is 6.61. The number of nitrogens with zero attached hydrogens (tertiary/aromatic N) is 2. The molecule has 7 nitrogen and oxygen atoms in total. The van der Waals surface area contributed by atoms with Crippen LogP contribution >= 0.6 is 22.7 Å². The maximum Gasteiger partial charge on any atom is 0.341 e. The Labute approximate surface area is 239 Å². The molecule has 0 aliphatic heterocycles. The lowest BCUT2D eigenvalue weighted by molar-refractivity contribution is -0.116. The number of fused-ring (bicyclic) bond motifs is 2. The van der Waals surface area contributed by atoms with E-state index in [9.17, 15) is 14.4 Å². The number of benzene rings is 2. The Hall–Kier alpha value is -4.08. The first-order chi connectivity index (χ1) is 19.5. The lowest BCUT2D eigenvalue weighted by Gasteiger charge is -2.16. The van der Waals surface area contributed by atoms with Gasteiger partial charge in [0.1, 0.15) is 21.9 Å². The topological polar surface area (TPSA) is 90.3 Å². The van der Waals surface area contributed by atoms with Crippen LogP contribution in [0.3, 0.4) is 0 Å². The van der Waals surface area contributed by atoms with Crippen molar-refractivity contribution in [3.05, 3.63) is 92.7 Å². The molecule has 0 spiro atoms. The summed E-state index contributed by atoms with van der Waals surface area (Å²) in [5, 5.41) is 7.53. The summed E-state index contributed by atoms with van der Waals surface area (Å²) in [5.74, 6) is -0.938. The molecule has 0 atom stereocenters. The van der Waals surface area contributed by atoms with Gasteiger partial charge in [-0.25, -0.2) is 9.78 Å². The zero-order valence-corrected chi connectivity index (χ0v) is 23.6. The first-order valence-corrected chi connectivity index (χ1v) is 15.0. The molecule has 5 aromatic rings. The number of hydrogen-bond donors (Lipinski definition) is 1. The van der Waals surface area contributed by atoms with Gasteiger partial charge in [0, 0.05) is 21.9 Å². The molecule has 0 fully saturated rings. The number of ether oxygens (including phenoxy) is 1. The maximum absolute atomic E-state index is 13.6. The summed E-state index contributed by atoms with van der Waals surface area (Å²) in [6.45, 7) is 1.72. The minimum absolute atomic E-state index is 0.213. The highest BCUT2D eigenvalue weighted by atomic mass is 32.1. The van der Waals surface area contributed by atoms with Crippen LogP contribution in [0.4, 0.5) is 5.00 Å². The SMILES string of the molecule is CCOC(=O)c1c(-c2ccccc2)csc1NC(=O)Cn1cnc2scc(-c3ccc4c(c3)CCCC4)c2c1=O. The Morgan fingerprint density at radius 3 is 2.55 bits per heavy atom. The fourth-order valence-electron chi connectivity index (χ4n) is 5.20. The molecule has 0 bridgehead atoms. The summed E-state index contributed by atoms with van der Waals surface area (Å²) in [4.78, 5) is 44.7. The van der Waals surface area contributed by atoms with Crippen LogP contribution in [-0.2, 0) is 28.9 Å². The van der Waals surface area contributed by atoms with Crippen molar-refractivity contribution in [3.8, 4) is 22.3 Å². The number of anilines is 1. The molecule has 3 heterocycles. The quantitative estimate of drug-likeness (QED) is 0.225. The molecule has 1 aliphatic rings. The normalized spacial score (nSPS) is 12.7. The Balaban J connectivity index is 1.29. The Kier molecular flexibility index (Phi) is 7.32. The van der Waals surface area contributed by atoms with E-state index in [-0.39, 0.29) is 18.7 Å². The van der Waals surface area contributed by atoms with Gasteiger partial charge in [-0.2, -0.15) is 0 Å². The van der Waals surface area contributed by atoms with Gasteiger partial charge in [-0.15, -0.1) is 22.7 Å². The van der Waals surface area contributed by atoms with Crippen molar-refractivity contribution in [1.82, 2.24) is 9.55 Å². The highest BCUT2D eigenvalue weighted by Gasteiger charge is 2.23. The van der Waals surface area contributed by atoms with Crippen molar-refractivity contribution >= 4 is 49.8 Å². The van der Waals surface area contributed by atoms with E-state index >= 15 is 0 Å².